The normalized spacial score (nSPS) is 14.2. The molecule has 0 saturated heterocycles. The van der Waals surface area contributed by atoms with Gasteiger partial charge in [0, 0.05) is 19.3 Å². The molecule has 25 heavy (non-hydrogen) atoms. The van der Waals surface area contributed by atoms with Crippen LogP contribution in [0.15, 0.2) is 24.4 Å². The molecular weight excluding hydrogens is 357 g/mol. The number of methoxy groups -OCH3 is 2. The van der Waals surface area contributed by atoms with E-state index in [2.05, 4.69) is 4.98 Å². The Balaban J connectivity index is 1.90. The van der Waals surface area contributed by atoms with Gasteiger partial charge >= 0.3 is 6.18 Å². The molecule has 2 heterocycles. The molecule has 134 valence electrons. The molecule has 3 rings (SSSR count). The molecule has 0 amide bonds. The summed E-state index contributed by atoms with van der Waals surface area (Å²) < 4.78 is 48.9. The number of anilines is 1. The summed E-state index contributed by atoms with van der Waals surface area (Å²) in [5, 5.41) is -0.0150. The molecule has 0 N–H and O–H groups in total. The summed E-state index contributed by atoms with van der Waals surface area (Å²) in [6, 6.07) is 4.71. The Morgan fingerprint density at radius 3 is 2.28 bits per heavy atom. The number of hydrogen-bond acceptors (Lipinski definition) is 4. The van der Waals surface area contributed by atoms with Crippen molar-refractivity contribution in [3.05, 3.63) is 46.1 Å². The lowest BCUT2D eigenvalue weighted by Crippen LogP contribution is -2.31. The number of hydrogen-bond donors (Lipinski definition) is 0. The van der Waals surface area contributed by atoms with Crippen LogP contribution in [-0.2, 0) is 19.1 Å². The Morgan fingerprint density at radius 2 is 1.72 bits per heavy atom. The quantitative estimate of drug-likeness (QED) is 0.803. The lowest BCUT2D eigenvalue weighted by Gasteiger charge is -2.31. The van der Waals surface area contributed by atoms with Crippen molar-refractivity contribution in [3.63, 3.8) is 0 Å². The predicted octanol–water partition coefficient (Wildman–Crippen LogP) is 4.33. The number of benzene rings is 1. The van der Waals surface area contributed by atoms with Gasteiger partial charge in [-0.25, -0.2) is 4.98 Å². The molecule has 0 aliphatic carbocycles. The number of nitrogens with zero attached hydrogens (tertiary/aromatic N) is 2. The maximum absolute atomic E-state index is 12.8. The summed E-state index contributed by atoms with van der Waals surface area (Å²) in [6.07, 6.45) is -2.95. The van der Waals surface area contributed by atoms with Crippen molar-refractivity contribution in [1.29, 1.82) is 0 Å². The molecule has 1 aliphatic heterocycles. The average molecular weight is 373 g/mol. The van der Waals surface area contributed by atoms with Crippen LogP contribution in [0.2, 0.25) is 5.02 Å². The molecule has 0 bridgehead atoms. The van der Waals surface area contributed by atoms with E-state index in [0.717, 1.165) is 23.4 Å². The molecule has 0 radical (unpaired) electrons. The summed E-state index contributed by atoms with van der Waals surface area (Å²) in [7, 11) is 3.13. The van der Waals surface area contributed by atoms with Gasteiger partial charge in [-0.3, -0.25) is 0 Å². The fraction of sp³-hybridized carbons (Fsp3) is 0.353. The first-order chi connectivity index (χ1) is 11.8. The third-order valence-corrected chi connectivity index (χ3v) is 4.44. The van der Waals surface area contributed by atoms with Gasteiger partial charge in [-0.15, -0.1) is 0 Å². The van der Waals surface area contributed by atoms with Crippen LogP contribution >= 0.6 is 11.6 Å². The third kappa shape index (κ3) is 3.46. The fourth-order valence-corrected chi connectivity index (χ4v) is 3.17. The van der Waals surface area contributed by atoms with Crippen LogP contribution in [-0.4, -0.2) is 25.7 Å². The van der Waals surface area contributed by atoms with E-state index in [4.69, 9.17) is 21.1 Å². The predicted molar refractivity (Wildman–Crippen MR) is 88.5 cm³/mol. The Bertz CT molecular complexity index is 796. The van der Waals surface area contributed by atoms with Crippen molar-refractivity contribution in [2.45, 2.75) is 19.1 Å². The molecule has 2 aromatic rings. The van der Waals surface area contributed by atoms with Crippen LogP contribution in [0.3, 0.4) is 0 Å². The van der Waals surface area contributed by atoms with Crippen LogP contribution in [0.1, 0.15) is 16.7 Å². The highest BCUT2D eigenvalue weighted by molar-refractivity contribution is 6.33. The van der Waals surface area contributed by atoms with E-state index in [0.29, 0.717) is 36.8 Å². The number of fused-ring (bicyclic) bond motifs is 1. The first-order valence-corrected chi connectivity index (χ1v) is 7.92. The van der Waals surface area contributed by atoms with Crippen molar-refractivity contribution in [3.8, 4) is 11.5 Å². The molecule has 1 aromatic carbocycles. The highest BCUT2D eigenvalue weighted by Crippen LogP contribution is 2.37. The fourth-order valence-electron chi connectivity index (χ4n) is 2.88. The molecular formula is C17H16ClF3N2O2. The second-order valence-electron chi connectivity index (χ2n) is 5.67. The van der Waals surface area contributed by atoms with E-state index in [-0.39, 0.29) is 5.02 Å². The average Bonchev–Trinajstić information content (AvgIpc) is 2.59. The molecule has 1 aliphatic rings. The summed E-state index contributed by atoms with van der Waals surface area (Å²) in [5.41, 5.74) is 1.25. The zero-order valence-electron chi connectivity index (χ0n) is 13.7. The molecule has 0 atom stereocenters. The lowest BCUT2D eigenvalue weighted by molar-refractivity contribution is -0.137. The molecule has 1 aromatic heterocycles. The van der Waals surface area contributed by atoms with Gasteiger partial charge in [0.15, 0.2) is 11.5 Å². The summed E-state index contributed by atoms with van der Waals surface area (Å²) in [4.78, 5) is 5.79. The minimum atomic E-state index is -4.46. The van der Waals surface area contributed by atoms with Crippen molar-refractivity contribution >= 4 is 17.4 Å². The highest BCUT2D eigenvalue weighted by Gasteiger charge is 2.32. The lowest BCUT2D eigenvalue weighted by atomic mass is 9.98. The van der Waals surface area contributed by atoms with Crippen LogP contribution in [0.4, 0.5) is 19.0 Å². The van der Waals surface area contributed by atoms with E-state index < -0.39 is 11.7 Å². The van der Waals surface area contributed by atoms with Gasteiger partial charge in [0.1, 0.15) is 5.82 Å². The highest BCUT2D eigenvalue weighted by atomic mass is 35.5. The van der Waals surface area contributed by atoms with E-state index in [1.54, 1.807) is 14.2 Å². The maximum atomic E-state index is 12.8. The zero-order valence-corrected chi connectivity index (χ0v) is 14.4. The summed E-state index contributed by atoms with van der Waals surface area (Å²) >= 11 is 6.05. The summed E-state index contributed by atoms with van der Waals surface area (Å²) in [5.74, 6) is 1.60. The second kappa shape index (κ2) is 6.63. The van der Waals surface area contributed by atoms with Crippen LogP contribution in [0, 0.1) is 0 Å². The monoisotopic (exact) mass is 372 g/mol. The molecule has 4 nitrogen and oxygen atoms in total. The topological polar surface area (TPSA) is 34.6 Å². The largest absolute Gasteiger partial charge is 0.493 e. The van der Waals surface area contributed by atoms with Crippen molar-refractivity contribution in [1.82, 2.24) is 4.98 Å². The Kier molecular flexibility index (Phi) is 4.69. The van der Waals surface area contributed by atoms with E-state index in [1.807, 2.05) is 17.0 Å². The Hall–Kier alpha value is -2.15. The number of halogens is 4. The van der Waals surface area contributed by atoms with E-state index in [1.165, 1.54) is 0 Å². The van der Waals surface area contributed by atoms with Gasteiger partial charge in [-0.2, -0.15) is 13.2 Å². The number of pyridine rings is 1. The number of alkyl halides is 3. The molecule has 8 heteroatoms. The smallest absolute Gasteiger partial charge is 0.417 e. The SMILES string of the molecule is COc1cc2c(cc1OC)CN(c1ncc(C(F)(F)F)cc1Cl)CC2. The van der Waals surface area contributed by atoms with Gasteiger partial charge in [0.25, 0.3) is 0 Å². The van der Waals surface area contributed by atoms with Crippen LogP contribution in [0.5, 0.6) is 11.5 Å². The van der Waals surface area contributed by atoms with Crippen LogP contribution < -0.4 is 14.4 Å². The van der Waals surface area contributed by atoms with E-state index >= 15 is 0 Å². The van der Waals surface area contributed by atoms with Gasteiger partial charge < -0.3 is 14.4 Å². The van der Waals surface area contributed by atoms with Crippen molar-refractivity contribution in [2.75, 3.05) is 25.7 Å². The zero-order chi connectivity index (χ0) is 18.2. The van der Waals surface area contributed by atoms with Crippen molar-refractivity contribution in [2.24, 2.45) is 0 Å². The summed E-state index contributed by atoms with van der Waals surface area (Å²) in [6.45, 7) is 1.08. The first kappa shape index (κ1) is 17.7. The molecule has 0 spiro atoms. The van der Waals surface area contributed by atoms with Gasteiger partial charge in [0.05, 0.1) is 24.8 Å². The number of rotatable bonds is 3. The maximum Gasteiger partial charge on any atom is 0.417 e. The van der Waals surface area contributed by atoms with E-state index in [9.17, 15) is 13.2 Å². The first-order valence-electron chi connectivity index (χ1n) is 7.55. The molecule has 0 unspecified atom stereocenters. The minimum absolute atomic E-state index is 0.0150. The Labute approximate surface area is 148 Å². The second-order valence-corrected chi connectivity index (χ2v) is 6.08. The third-order valence-electron chi connectivity index (χ3n) is 4.17. The molecule has 0 fully saturated rings. The standard InChI is InChI=1S/C17H16ClF3N2O2/c1-24-14-5-10-3-4-23(9-11(10)6-15(14)25-2)16-13(18)7-12(8-22-16)17(19,20)21/h5-8H,3-4,9H2,1-2H3. The number of aromatic nitrogens is 1. The van der Waals surface area contributed by atoms with Crippen LogP contribution in [0.25, 0.3) is 0 Å². The Morgan fingerprint density at radius 1 is 1.08 bits per heavy atom. The minimum Gasteiger partial charge on any atom is -0.493 e. The molecule has 0 saturated carbocycles. The van der Waals surface area contributed by atoms with Crippen molar-refractivity contribution < 1.29 is 22.6 Å². The number of ether oxygens (including phenoxy) is 2. The van der Waals surface area contributed by atoms with Gasteiger partial charge in [0.2, 0.25) is 0 Å². The van der Waals surface area contributed by atoms with Gasteiger partial charge in [-0.05, 0) is 35.7 Å². The van der Waals surface area contributed by atoms with Gasteiger partial charge in [-0.1, -0.05) is 11.6 Å².